The third kappa shape index (κ3) is 4.73. The number of likely N-dealkylation sites (tertiary alicyclic amines) is 1. The van der Waals surface area contributed by atoms with Gasteiger partial charge in [0.15, 0.2) is 10.9 Å². The van der Waals surface area contributed by atoms with Crippen molar-refractivity contribution in [2.24, 2.45) is 5.73 Å². The Morgan fingerprint density at radius 1 is 1.24 bits per heavy atom. The zero-order valence-electron chi connectivity index (χ0n) is 17.0. The molecule has 0 unspecified atom stereocenters. The van der Waals surface area contributed by atoms with E-state index < -0.39 is 24.9 Å². The molecule has 3 N–H and O–H groups in total. The third-order valence-corrected chi connectivity index (χ3v) is 5.84. The number of amides is 1. The summed E-state index contributed by atoms with van der Waals surface area (Å²) >= 11 is 17.8. The summed E-state index contributed by atoms with van der Waals surface area (Å²) in [6.07, 6.45) is 1.40. The Hall–Kier alpha value is -2.95. The number of halogens is 4. The first-order valence-corrected chi connectivity index (χ1v) is 10.6. The van der Waals surface area contributed by atoms with E-state index in [-0.39, 0.29) is 32.2 Å². The van der Waals surface area contributed by atoms with Crippen molar-refractivity contribution in [2.75, 3.05) is 25.5 Å². The number of aromatic nitrogens is 1. The SMILES string of the molecule is COc1cc2ncc(Cl)c(Oc3ccc(NC(=S)N4CC(F)(F)C4)c(Cl)c3)c2cc1C(N)=O. The fraction of sp³-hybridized carbons (Fsp3) is 0.190. The van der Waals surface area contributed by atoms with Crippen LogP contribution in [0.25, 0.3) is 10.9 Å². The van der Waals surface area contributed by atoms with Crippen LogP contribution in [0.4, 0.5) is 14.5 Å². The zero-order valence-corrected chi connectivity index (χ0v) is 19.3. The first-order valence-electron chi connectivity index (χ1n) is 9.45. The van der Waals surface area contributed by atoms with Gasteiger partial charge in [-0.1, -0.05) is 23.2 Å². The highest BCUT2D eigenvalue weighted by Gasteiger charge is 2.45. The molecule has 0 bridgehead atoms. The van der Waals surface area contributed by atoms with Crippen molar-refractivity contribution in [1.29, 1.82) is 0 Å². The van der Waals surface area contributed by atoms with Gasteiger partial charge in [0, 0.05) is 23.7 Å². The van der Waals surface area contributed by atoms with Gasteiger partial charge in [-0.25, -0.2) is 8.78 Å². The highest BCUT2D eigenvalue weighted by Crippen LogP contribution is 2.39. The number of anilines is 1. The molecule has 1 aromatic heterocycles. The normalized spacial score (nSPS) is 14.5. The van der Waals surface area contributed by atoms with Crippen LogP contribution in [0, 0.1) is 0 Å². The molecular weight excluding hydrogens is 497 g/mol. The van der Waals surface area contributed by atoms with Gasteiger partial charge in [-0.15, -0.1) is 0 Å². The summed E-state index contributed by atoms with van der Waals surface area (Å²) in [6, 6.07) is 7.75. The quantitative estimate of drug-likeness (QED) is 0.460. The lowest BCUT2D eigenvalue weighted by atomic mass is 10.1. The molecule has 0 saturated carbocycles. The predicted molar refractivity (Wildman–Crippen MR) is 126 cm³/mol. The van der Waals surface area contributed by atoms with Crippen molar-refractivity contribution < 1.29 is 23.0 Å². The van der Waals surface area contributed by atoms with Crippen LogP contribution >= 0.6 is 35.4 Å². The molecule has 2 aromatic carbocycles. The number of hydrogen-bond acceptors (Lipinski definition) is 5. The van der Waals surface area contributed by atoms with Crippen LogP contribution in [0.2, 0.25) is 10.0 Å². The minimum absolute atomic E-state index is 0.140. The van der Waals surface area contributed by atoms with Gasteiger partial charge in [0.1, 0.15) is 16.5 Å². The van der Waals surface area contributed by atoms with E-state index in [1.165, 1.54) is 30.3 Å². The van der Waals surface area contributed by atoms with E-state index in [1.807, 2.05) is 0 Å². The number of nitrogens with one attached hydrogen (secondary N) is 1. The fourth-order valence-electron chi connectivity index (χ4n) is 3.26. The molecular formula is C21H16Cl2F2N4O3S. The second-order valence-electron chi connectivity index (χ2n) is 7.26. The number of hydrogen-bond donors (Lipinski definition) is 2. The first kappa shape index (κ1) is 23.2. The molecule has 12 heteroatoms. The van der Waals surface area contributed by atoms with E-state index in [9.17, 15) is 13.6 Å². The molecule has 2 heterocycles. The fourth-order valence-corrected chi connectivity index (χ4v) is 3.91. The van der Waals surface area contributed by atoms with Crippen LogP contribution < -0.4 is 20.5 Å². The van der Waals surface area contributed by atoms with Crippen LogP contribution in [0.5, 0.6) is 17.2 Å². The smallest absolute Gasteiger partial charge is 0.282 e. The van der Waals surface area contributed by atoms with E-state index in [0.717, 1.165) is 0 Å². The van der Waals surface area contributed by atoms with E-state index in [4.69, 9.17) is 50.6 Å². The molecule has 4 rings (SSSR count). The molecule has 7 nitrogen and oxygen atoms in total. The molecule has 1 saturated heterocycles. The summed E-state index contributed by atoms with van der Waals surface area (Å²) in [7, 11) is 1.41. The van der Waals surface area contributed by atoms with Crippen molar-refractivity contribution in [3.05, 3.63) is 52.1 Å². The molecule has 33 heavy (non-hydrogen) atoms. The highest BCUT2D eigenvalue weighted by atomic mass is 35.5. The van der Waals surface area contributed by atoms with Crippen molar-refractivity contribution in [3.8, 4) is 17.2 Å². The highest BCUT2D eigenvalue weighted by molar-refractivity contribution is 7.80. The van der Waals surface area contributed by atoms with Gasteiger partial charge in [-0.05, 0) is 30.4 Å². The van der Waals surface area contributed by atoms with Gasteiger partial charge in [-0.2, -0.15) is 0 Å². The maximum atomic E-state index is 13.1. The Morgan fingerprint density at radius 3 is 2.58 bits per heavy atom. The summed E-state index contributed by atoms with van der Waals surface area (Å²) in [6.45, 7) is -0.882. The van der Waals surface area contributed by atoms with E-state index in [0.29, 0.717) is 22.3 Å². The molecule has 3 aromatic rings. The Bertz CT molecular complexity index is 1280. The maximum Gasteiger partial charge on any atom is 0.282 e. The van der Waals surface area contributed by atoms with E-state index in [1.54, 1.807) is 18.2 Å². The minimum Gasteiger partial charge on any atom is -0.496 e. The number of fused-ring (bicyclic) bond motifs is 1. The third-order valence-electron chi connectivity index (χ3n) is 4.90. The average molecular weight is 513 g/mol. The molecule has 0 radical (unpaired) electrons. The number of benzene rings is 2. The topological polar surface area (TPSA) is 89.7 Å². The molecule has 1 amide bonds. The number of pyridine rings is 1. The molecule has 172 valence electrons. The molecule has 0 atom stereocenters. The molecule has 1 aliphatic heterocycles. The number of primary amides is 1. The lowest BCUT2D eigenvalue weighted by molar-refractivity contribution is -0.0999. The Kier molecular flexibility index (Phi) is 6.17. The molecule has 1 aliphatic rings. The number of nitrogens with zero attached hydrogens (tertiary/aromatic N) is 2. The Morgan fingerprint density at radius 2 is 1.97 bits per heavy atom. The predicted octanol–water partition coefficient (Wildman–Crippen LogP) is 5.09. The number of methoxy groups -OCH3 is 1. The number of thiocarbonyl (C=S) groups is 1. The average Bonchev–Trinajstić information content (AvgIpc) is 2.74. The van der Waals surface area contributed by atoms with Crippen LogP contribution in [0.1, 0.15) is 10.4 Å². The Labute approximate surface area is 202 Å². The number of alkyl halides is 2. The number of carbonyl (C=O) groups is 1. The van der Waals surface area contributed by atoms with Gasteiger partial charge >= 0.3 is 0 Å². The van der Waals surface area contributed by atoms with Crippen molar-refractivity contribution in [2.45, 2.75) is 5.92 Å². The minimum atomic E-state index is -2.74. The number of nitrogens with two attached hydrogens (primary N) is 1. The van der Waals surface area contributed by atoms with Crippen LogP contribution in [0.15, 0.2) is 36.5 Å². The largest absolute Gasteiger partial charge is 0.496 e. The standard InChI is InChI=1S/C21H16Cl2F2N4O3S/c1-31-17-6-16-11(5-12(17)19(26)30)18(14(23)7-27-16)32-10-2-3-15(13(22)4-10)28-20(33)29-8-21(24,25)9-29/h2-7H,8-9H2,1H3,(H2,26,30)(H,28,33). The van der Waals surface area contributed by atoms with Gasteiger partial charge in [0.25, 0.3) is 11.8 Å². The molecule has 1 fully saturated rings. The first-order chi connectivity index (χ1) is 15.6. The van der Waals surface area contributed by atoms with E-state index in [2.05, 4.69) is 10.3 Å². The van der Waals surface area contributed by atoms with E-state index >= 15 is 0 Å². The summed E-state index contributed by atoms with van der Waals surface area (Å²) in [5, 5.41) is 3.88. The summed E-state index contributed by atoms with van der Waals surface area (Å²) < 4.78 is 37.3. The van der Waals surface area contributed by atoms with Crippen molar-refractivity contribution in [3.63, 3.8) is 0 Å². The zero-order chi connectivity index (χ0) is 23.9. The molecule has 0 spiro atoms. The van der Waals surface area contributed by atoms with Gasteiger partial charge in [0.05, 0.1) is 42.0 Å². The van der Waals surface area contributed by atoms with Crippen molar-refractivity contribution >= 4 is 63.0 Å². The number of ether oxygens (including phenoxy) is 2. The van der Waals surface area contributed by atoms with Crippen LogP contribution in [0.3, 0.4) is 0 Å². The monoisotopic (exact) mass is 512 g/mol. The number of carbonyl (C=O) groups excluding carboxylic acids is 1. The number of rotatable bonds is 5. The van der Waals surface area contributed by atoms with Crippen LogP contribution in [-0.2, 0) is 0 Å². The summed E-state index contributed by atoms with van der Waals surface area (Å²) in [4.78, 5) is 17.4. The van der Waals surface area contributed by atoms with Gasteiger partial charge in [0.2, 0.25) is 0 Å². The van der Waals surface area contributed by atoms with Crippen molar-refractivity contribution in [1.82, 2.24) is 9.88 Å². The van der Waals surface area contributed by atoms with Crippen LogP contribution in [-0.4, -0.2) is 47.0 Å². The summed E-state index contributed by atoms with van der Waals surface area (Å²) in [5.41, 5.74) is 6.49. The second kappa shape index (κ2) is 8.77. The van der Waals surface area contributed by atoms with Gasteiger partial charge in [-0.3, -0.25) is 9.78 Å². The van der Waals surface area contributed by atoms with Gasteiger partial charge < -0.3 is 25.4 Å². The summed E-state index contributed by atoms with van der Waals surface area (Å²) in [5.74, 6) is -2.59. The molecule has 0 aliphatic carbocycles. The lowest BCUT2D eigenvalue weighted by Crippen LogP contribution is -2.59. The second-order valence-corrected chi connectivity index (χ2v) is 8.46. The maximum absolute atomic E-state index is 13.1. The lowest BCUT2D eigenvalue weighted by Gasteiger charge is -2.40. The Balaban J connectivity index is 1.61.